The summed E-state index contributed by atoms with van der Waals surface area (Å²) in [7, 11) is 0. The van der Waals surface area contributed by atoms with Gasteiger partial charge in [0, 0.05) is 6.61 Å². The molecule has 164 valence electrons. The third-order valence-corrected chi connectivity index (χ3v) is 6.14. The monoisotopic (exact) mass is 382 g/mol. The summed E-state index contributed by atoms with van der Waals surface area (Å²) in [4.78, 5) is 0. The second kappa shape index (κ2) is 24.0. The Morgan fingerprint density at radius 2 is 0.741 bits per heavy atom. The lowest BCUT2D eigenvalue weighted by Gasteiger charge is -2.09. The zero-order chi connectivity index (χ0) is 19.8. The zero-order valence-electron chi connectivity index (χ0n) is 19.3. The van der Waals surface area contributed by atoms with Gasteiger partial charge in [0.2, 0.25) is 0 Å². The van der Waals surface area contributed by atoms with E-state index in [4.69, 9.17) is 5.11 Å². The highest BCUT2D eigenvalue weighted by Crippen LogP contribution is 2.17. The van der Waals surface area contributed by atoms with Crippen LogP contribution >= 0.6 is 0 Å². The summed E-state index contributed by atoms with van der Waals surface area (Å²) in [5.41, 5.74) is 0. The van der Waals surface area contributed by atoms with Crippen LogP contribution in [0.25, 0.3) is 0 Å². The summed E-state index contributed by atoms with van der Waals surface area (Å²) in [6.07, 6.45) is 31.0. The molecule has 0 saturated heterocycles. The van der Waals surface area contributed by atoms with Crippen molar-refractivity contribution in [2.45, 2.75) is 155 Å². The van der Waals surface area contributed by atoms with Crippen molar-refractivity contribution in [1.29, 1.82) is 0 Å². The van der Waals surface area contributed by atoms with Crippen molar-refractivity contribution in [1.82, 2.24) is 0 Å². The van der Waals surface area contributed by atoms with Gasteiger partial charge in [0.05, 0.1) is 0 Å². The molecular weight excluding hydrogens is 328 g/mol. The van der Waals surface area contributed by atoms with Crippen LogP contribution in [0.1, 0.15) is 155 Å². The van der Waals surface area contributed by atoms with Crippen LogP contribution in [-0.2, 0) is 0 Å². The van der Waals surface area contributed by atoms with Crippen LogP contribution in [-0.4, -0.2) is 11.7 Å². The molecule has 1 atom stereocenters. The smallest absolute Gasteiger partial charge is 0.0431 e. The Kier molecular flexibility index (Phi) is 24.0. The van der Waals surface area contributed by atoms with Gasteiger partial charge < -0.3 is 5.11 Å². The Labute approximate surface area is 173 Å². The highest BCUT2D eigenvalue weighted by Gasteiger charge is 2.00. The quantitative estimate of drug-likeness (QED) is 0.175. The van der Waals surface area contributed by atoms with E-state index in [2.05, 4.69) is 13.8 Å². The number of unbranched alkanes of at least 4 members (excludes halogenated alkanes) is 18. The van der Waals surface area contributed by atoms with Gasteiger partial charge in [-0.2, -0.15) is 0 Å². The molecule has 0 radical (unpaired) electrons. The van der Waals surface area contributed by atoms with Crippen molar-refractivity contribution < 1.29 is 5.11 Å². The first-order valence-electron chi connectivity index (χ1n) is 12.9. The van der Waals surface area contributed by atoms with Crippen molar-refractivity contribution in [3.63, 3.8) is 0 Å². The fourth-order valence-corrected chi connectivity index (χ4v) is 4.25. The van der Waals surface area contributed by atoms with Gasteiger partial charge in [-0.3, -0.25) is 0 Å². The van der Waals surface area contributed by atoms with E-state index in [9.17, 15) is 0 Å². The maximum atomic E-state index is 8.74. The molecule has 0 aromatic heterocycles. The van der Waals surface area contributed by atoms with Gasteiger partial charge in [-0.15, -0.1) is 0 Å². The number of hydrogen-bond acceptors (Lipinski definition) is 1. The number of rotatable bonds is 23. The average molecular weight is 383 g/mol. The van der Waals surface area contributed by atoms with E-state index in [0.717, 1.165) is 12.3 Å². The molecule has 1 heteroatoms. The van der Waals surface area contributed by atoms with Gasteiger partial charge in [0.15, 0.2) is 0 Å². The Hall–Kier alpha value is -0.0400. The van der Waals surface area contributed by atoms with Crippen molar-refractivity contribution >= 4 is 0 Å². The Balaban J connectivity index is 3.01. The standard InChI is InChI=1S/C26H54O/c1-3-23-26(2)24-21-19-17-15-13-11-9-7-5-4-6-8-10-12-14-16-18-20-22-25-27/h26-27H,3-25H2,1-2H3. The van der Waals surface area contributed by atoms with Crippen molar-refractivity contribution in [2.75, 3.05) is 6.61 Å². The van der Waals surface area contributed by atoms with Gasteiger partial charge >= 0.3 is 0 Å². The molecule has 0 aliphatic heterocycles. The number of aliphatic hydroxyl groups excluding tert-OH is 1. The van der Waals surface area contributed by atoms with Crippen LogP contribution < -0.4 is 0 Å². The van der Waals surface area contributed by atoms with E-state index >= 15 is 0 Å². The van der Waals surface area contributed by atoms with Crippen LogP contribution in [0.15, 0.2) is 0 Å². The van der Waals surface area contributed by atoms with Crippen LogP contribution in [0.2, 0.25) is 0 Å². The predicted molar refractivity (Wildman–Crippen MR) is 123 cm³/mol. The van der Waals surface area contributed by atoms with Crippen molar-refractivity contribution in [3.05, 3.63) is 0 Å². The minimum atomic E-state index is 0.374. The molecule has 0 spiro atoms. The van der Waals surface area contributed by atoms with Crippen LogP contribution in [0.5, 0.6) is 0 Å². The maximum absolute atomic E-state index is 8.74. The van der Waals surface area contributed by atoms with Crippen LogP contribution in [0.3, 0.4) is 0 Å². The van der Waals surface area contributed by atoms with E-state index in [1.165, 1.54) is 135 Å². The first-order valence-corrected chi connectivity index (χ1v) is 12.9. The molecule has 1 unspecified atom stereocenters. The molecular formula is C26H54O. The first kappa shape index (κ1) is 27.0. The van der Waals surface area contributed by atoms with Crippen LogP contribution in [0, 0.1) is 5.92 Å². The third-order valence-electron chi connectivity index (χ3n) is 6.14. The summed E-state index contributed by atoms with van der Waals surface area (Å²) < 4.78 is 0. The van der Waals surface area contributed by atoms with E-state index in [-0.39, 0.29) is 0 Å². The molecule has 0 rings (SSSR count). The van der Waals surface area contributed by atoms with E-state index in [0.29, 0.717) is 6.61 Å². The SMILES string of the molecule is CCCC(C)CCCCCCCCCCCCCCCCCCCCCO. The lowest BCUT2D eigenvalue weighted by molar-refractivity contribution is 0.282. The number of aliphatic hydroxyl groups is 1. The molecule has 1 nitrogen and oxygen atoms in total. The second-order valence-electron chi connectivity index (χ2n) is 9.12. The van der Waals surface area contributed by atoms with Gasteiger partial charge in [-0.25, -0.2) is 0 Å². The molecule has 0 bridgehead atoms. The molecule has 0 amide bonds. The minimum absolute atomic E-state index is 0.374. The molecule has 0 aliphatic rings. The van der Waals surface area contributed by atoms with E-state index in [1.807, 2.05) is 0 Å². The molecule has 0 heterocycles. The lowest BCUT2D eigenvalue weighted by Crippen LogP contribution is -1.93. The summed E-state index contributed by atoms with van der Waals surface area (Å²) in [5, 5.41) is 8.74. The minimum Gasteiger partial charge on any atom is -0.396 e. The Morgan fingerprint density at radius 1 is 0.444 bits per heavy atom. The molecule has 0 aliphatic carbocycles. The Bertz CT molecular complexity index is 251. The summed E-state index contributed by atoms with van der Waals surface area (Å²) in [6.45, 7) is 5.10. The van der Waals surface area contributed by atoms with E-state index in [1.54, 1.807) is 0 Å². The Morgan fingerprint density at radius 3 is 1.04 bits per heavy atom. The summed E-state index contributed by atoms with van der Waals surface area (Å²) >= 11 is 0. The molecule has 1 N–H and O–H groups in total. The average Bonchev–Trinajstić information content (AvgIpc) is 2.66. The molecule has 0 saturated carbocycles. The van der Waals surface area contributed by atoms with Gasteiger partial charge in [-0.1, -0.05) is 149 Å². The highest BCUT2D eigenvalue weighted by molar-refractivity contribution is 4.54. The molecule has 0 aromatic rings. The third kappa shape index (κ3) is 23.9. The first-order chi connectivity index (χ1) is 13.3. The maximum Gasteiger partial charge on any atom is 0.0431 e. The normalized spacial score (nSPS) is 12.6. The highest BCUT2D eigenvalue weighted by atomic mass is 16.2. The van der Waals surface area contributed by atoms with Gasteiger partial charge in [0.25, 0.3) is 0 Å². The lowest BCUT2D eigenvalue weighted by atomic mass is 9.98. The summed E-state index contributed by atoms with van der Waals surface area (Å²) in [6, 6.07) is 0. The van der Waals surface area contributed by atoms with Gasteiger partial charge in [-0.05, 0) is 12.3 Å². The number of hydrogen-bond donors (Lipinski definition) is 1. The van der Waals surface area contributed by atoms with Crippen LogP contribution in [0.4, 0.5) is 0 Å². The summed E-state index contributed by atoms with van der Waals surface area (Å²) in [5.74, 6) is 0.956. The largest absolute Gasteiger partial charge is 0.396 e. The van der Waals surface area contributed by atoms with Gasteiger partial charge in [0.1, 0.15) is 0 Å². The van der Waals surface area contributed by atoms with E-state index < -0.39 is 0 Å². The predicted octanol–water partition coefficient (Wildman–Crippen LogP) is 9.22. The molecule has 0 aromatic carbocycles. The topological polar surface area (TPSA) is 20.2 Å². The molecule has 0 fully saturated rings. The van der Waals surface area contributed by atoms with Crippen molar-refractivity contribution in [2.24, 2.45) is 5.92 Å². The molecule has 27 heavy (non-hydrogen) atoms. The zero-order valence-corrected chi connectivity index (χ0v) is 19.3. The fourth-order valence-electron chi connectivity index (χ4n) is 4.25. The second-order valence-corrected chi connectivity index (χ2v) is 9.12. The fraction of sp³-hybridized carbons (Fsp3) is 1.00. The van der Waals surface area contributed by atoms with Crippen molar-refractivity contribution in [3.8, 4) is 0 Å².